The first-order chi connectivity index (χ1) is 11.6. The molecule has 2 atom stereocenters. The van der Waals surface area contributed by atoms with Gasteiger partial charge in [-0.25, -0.2) is 9.00 Å². The smallest absolute Gasteiger partial charge is 0.341 e. The van der Waals surface area contributed by atoms with E-state index in [0.717, 1.165) is 16.7 Å². The first-order valence-electron chi connectivity index (χ1n) is 7.37. The van der Waals surface area contributed by atoms with Crippen molar-refractivity contribution >= 4 is 27.9 Å². The van der Waals surface area contributed by atoms with Crippen molar-refractivity contribution in [2.45, 2.75) is 11.7 Å². The van der Waals surface area contributed by atoms with Crippen molar-refractivity contribution in [1.29, 1.82) is 0 Å². The molecule has 0 saturated carbocycles. The summed E-state index contributed by atoms with van der Waals surface area (Å²) in [5.74, 6) is 0.223. The molecule has 0 fully saturated rings. The molecule has 1 aromatic carbocycles. The molecule has 0 radical (unpaired) electrons. The van der Waals surface area contributed by atoms with E-state index >= 15 is 0 Å². The number of hydrogen-bond donors (Lipinski definition) is 1. The minimum absolute atomic E-state index is 0.123. The second kappa shape index (κ2) is 6.92. The number of ether oxygens (including phenoxy) is 2. The van der Waals surface area contributed by atoms with Crippen LogP contribution in [-0.4, -0.2) is 38.2 Å². The number of methoxy groups -OCH3 is 1. The number of benzene rings is 1. The minimum Gasteiger partial charge on any atom is -0.497 e. The molecule has 6 nitrogen and oxygen atoms in total. The number of aromatic nitrogens is 1. The Morgan fingerprint density at radius 3 is 2.92 bits per heavy atom. The van der Waals surface area contributed by atoms with Gasteiger partial charge in [-0.1, -0.05) is 6.08 Å². The molecule has 0 saturated heterocycles. The number of hydrogen-bond acceptors (Lipinski definition) is 4. The minimum atomic E-state index is -1.25. The third-order valence-corrected chi connectivity index (χ3v) is 5.28. The van der Waals surface area contributed by atoms with Crippen LogP contribution < -0.4 is 4.74 Å². The lowest BCUT2D eigenvalue weighted by molar-refractivity contribution is -0.139. The quantitative estimate of drug-likeness (QED) is 0.868. The fraction of sp³-hybridized carbons (Fsp3) is 0.235. The number of nitrogens with zero attached hydrogens (tertiary/aromatic N) is 1. The highest BCUT2D eigenvalue weighted by molar-refractivity contribution is 7.84. The zero-order valence-electron chi connectivity index (χ0n) is 13.0. The Morgan fingerprint density at radius 2 is 2.25 bits per heavy atom. The van der Waals surface area contributed by atoms with Gasteiger partial charge in [0.25, 0.3) is 0 Å². The average Bonchev–Trinajstić information content (AvgIpc) is 3.02. The summed E-state index contributed by atoms with van der Waals surface area (Å²) in [6.45, 7) is -0.390. The fourth-order valence-electron chi connectivity index (χ4n) is 2.51. The Balaban J connectivity index is 1.80. The van der Waals surface area contributed by atoms with Crippen molar-refractivity contribution in [3.05, 3.63) is 54.4 Å². The second-order valence-corrected chi connectivity index (χ2v) is 6.82. The van der Waals surface area contributed by atoms with Crippen LogP contribution >= 0.6 is 0 Å². The van der Waals surface area contributed by atoms with E-state index in [9.17, 15) is 9.00 Å². The molecule has 3 rings (SSSR count). The molecule has 1 aliphatic rings. The van der Waals surface area contributed by atoms with Crippen LogP contribution in [0.2, 0.25) is 0 Å². The monoisotopic (exact) mass is 347 g/mol. The number of allylic oxidation sites excluding steroid dienone is 2. The van der Waals surface area contributed by atoms with Crippen LogP contribution in [-0.2, 0) is 20.5 Å². The number of carbonyl (C=O) groups is 1. The highest BCUT2D eigenvalue weighted by Crippen LogP contribution is 2.25. The van der Waals surface area contributed by atoms with Crippen LogP contribution in [0.4, 0.5) is 0 Å². The Hall–Kier alpha value is -2.54. The van der Waals surface area contributed by atoms with Gasteiger partial charge in [-0.05, 0) is 42.8 Å². The molecule has 7 heteroatoms. The number of rotatable bonds is 6. The summed E-state index contributed by atoms with van der Waals surface area (Å²) >= 11 is 0. The summed E-state index contributed by atoms with van der Waals surface area (Å²) in [6.07, 6.45) is 8.06. The van der Waals surface area contributed by atoms with Gasteiger partial charge in [0.05, 0.1) is 17.9 Å². The summed E-state index contributed by atoms with van der Waals surface area (Å²) in [6, 6.07) is 7.04. The second-order valence-electron chi connectivity index (χ2n) is 5.26. The zero-order chi connectivity index (χ0) is 17.1. The van der Waals surface area contributed by atoms with E-state index in [4.69, 9.17) is 14.6 Å². The predicted octanol–water partition coefficient (Wildman–Crippen LogP) is 2.48. The van der Waals surface area contributed by atoms with Crippen LogP contribution in [0.25, 0.3) is 10.9 Å². The van der Waals surface area contributed by atoms with Gasteiger partial charge in [-0.3, -0.25) is 3.97 Å². The van der Waals surface area contributed by atoms with Crippen molar-refractivity contribution in [1.82, 2.24) is 3.97 Å². The lowest BCUT2D eigenvalue weighted by Crippen LogP contribution is -2.19. The first-order valence-corrected chi connectivity index (χ1v) is 8.54. The van der Waals surface area contributed by atoms with Gasteiger partial charge in [0.1, 0.15) is 22.5 Å². The summed E-state index contributed by atoms with van der Waals surface area (Å²) in [5.41, 5.74) is 0.811. The van der Waals surface area contributed by atoms with Crippen LogP contribution in [0.5, 0.6) is 5.75 Å². The maximum absolute atomic E-state index is 12.8. The molecule has 1 aliphatic carbocycles. The van der Waals surface area contributed by atoms with Crippen LogP contribution in [0, 0.1) is 0 Å². The number of carboxylic acid groups (broad SMARTS) is 1. The van der Waals surface area contributed by atoms with Gasteiger partial charge in [0.15, 0.2) is 6.61 Å². The van der Waals surface area contributed by atoms with Crippen molar-refractivity contribution in [3.63, 3.8) is 0 Å². The molecule has 126 valence electrons. The predicted molar refractivity (Wildman–Crippen MR) is 91.2 cm³/mol. The van der Waals surface area contributed by atoms with Gasteiger partial charge in [0.2, 0.25) is 0 Å². The zero-order valence-corrected chi connectivity index (χ0v) is 13.9. The maximum Gasteiger partial charge on any atom is 0.341 e. The van der Waals surface area contributed by atoms with Crippen LogP contribution in [0.3, 0.4) is 0 Å². The highest BCUT2D eigenvalue weighted by atomic mass is 32.2. The van der Waals surface area contributed by atoms with E-state index in [1.54, 1.807) is 35.5 Å². The van der Waals surface area contributed by atoms with Gasteiger partial charge in [-0.15, -0.1) is 0 Å². The van der Waals surface area contributed by atoms with E-state index in [2.05, 4.69) is 0 Å². The van der Waals surface area contributed by atoms with E-state index in [0.29, 0.717) is 12.2 Å². The molecule has 24 heavy (non-hydrogen) atoms. The van der Waals surface area contributed by atoms with Crippen molar-refractivity contribution < 1.29 is 23.6 Å². The van der Waals surface area contributed by atoms with E-state index in [-0.39, 0.29) is 11.9 Å². The molecular weight excluding hydrogens is 330 g/mol. The number of carboxylic acids is 1. The van der Waals surface area contributed by atoms with Crippen molar-refractivity contribution in [2.24, 2.45) is 0 Å². The largest absolute Gasteiger partial charge is 0.497 e. The number of fused-ring (bicyclic) bond motifs is 1. The van der Waals surface area contributed by atoms with E-state index < -0.39 is 17.0 Å². The van der Waals surface area contributed by atoms with E-state index in [1.807, 2.05) is 24.3 Å². The SMILES string of the molecule is COC1=CCC(S(=O)n2ccc3cc(OCC(=O)O)ccc32)C=C1. The maximum atomic E-state index is 12.8. The van der Waals surface area contributed by atoms with Crippen molar-refractivity contribution in [2.75, 3.05) is 13.7 Å². The molecule has 1 aromatic heterocycles. The Labute approximate surface area is 141 Å². The van der Waals surface area contributed by atoms with Crippen molar-refractivity contribution in [3.8, 4) is 5.75 Å². The van der Waals surface area contributed by atoms with Gasteiger partial charge >= 0.3 is 5.97 Å². The Kier molecular flexibility index (Phi) is 4.71. The van der Waals surface area contributed by atoms with Gasteiger partial charge in [0, 0.05) is 11.6 Å². The summed E-state index contributed by atoms with van der Waals surface area (Å²) in [5, 5.41) is 9.38. The average molecular weight is 347 g/mol. The first kappa shape index (κ1) is 16.3. The standard InChI is InChI=1S/C17H17NO5S/c1-22-13-2-5-15(6-3-13)24(21)18-9-8-12-10-14(4-7-16(12)18)23-11-17(19)20/h2-5,7-10,15H,6,11H2,1H3,(H,19,20). The molecule has 2 aromatic rings. The molecule has 2 unspecified atom stereocenters. The topological polar surface area (TPSA) is 77.8 Å². The third kappa shape index (κ3) is 3.35. The number of aliphatic carboxylic acids is 1. The summed E-state index contributed by atoms with van der Waals surface area (Å²) in [4.78, 5) is 10.6. The molecule has 0 amide bonds. The lowest BCUT2D eigenvalue weighted by atomic mass is 10.2. The summed E-state index contributed by atoms with van der Waals surface area (Å²) < 4.78 is 24.8. The van der Waals surface area contributed by atoms with Gasteiger partial charge < -0.3 is 14.6 Å². The molecule has 1 N–H and O–H groups in total. The summed E-state index contributed by atoms with van der Waals surface area (Å²) in [7, 11) is 0.355. The fourth-order valence-corrected chi connectivity index (χ4v) is 3.82. The molecule has 0 spiro atoms. The van der Waals surface area contributed by atoms with Crippen LogP contribution in [0.15, 0.2) is 54.4 Å². The Bertz CT molecular complexity index is 852. The molecule has 0 aliphatic heterocycles. The van der Waals surface area contributed by atoms with Crippen LogP contribution in [0.1, 0.15) is 6.42 Å². The molecular formula is C17H17NO5S. The third-order valence-electron chi connectivity index (χ3n) is 3.70. The van der Waals surface area contributed by atoms with E-state index in [1.165, 1.54) is 0 Å². The Morgan fingerprint density at radius 1 is 1.42 bits per heavy atom. The normalized spacial score (nSPS) is 18.2. The lowest BCUT2D eigenvalue weighted by Gasteiger charge is -2.16. The van der Waals surface area contributed by atoms with Gasteiger partial charge in [-0.2, -0.15) is 0 Å². The molecule has 0 bridgehead atoms. The highest BCUT2D eigenvalue weighted by Gasteiger charge is 2.19. The molecule has 1 heterocycles.